The standard InChI is InChI=1S/C22H21ClN2O4/c1-15(22(27)28)12-25(13-16-6-3-2-4-7-16)20(26)14-29-19-10-9-18(23)17-8-5-11-24-21(17)19/h2-11,15H,12-14H2,1H3,(H,27,28). The van der Waals surface area contributed by atoms with Gasteiger partial charge in [-0.15, -0.1) is 0 Å². The first-order chi connectivity index (χ1) is 14.0. The molecule has 0 aliphatic rings. The Morgan fingerprint density at radius 3 is 2.62 bits per heavy atom. The molecule has 0 spiro atoms. The van der Waals surface area contributed by atoms with Gasteiger partial charge in [-0.25, -0.2) is 0 Å². The van der Waals surface area contributed by atoms with Gasteiger partial charge in [-0.1, -0.05) is 48.9 Å². The highest BCUT2D eigenvalue weighted by Crippen LogP contribution is 2.29. The summed E-state index contributed by atoms with van der Waals surface area (Å²) in [5.74, 6) is -1.50. The SMILES string of the molecule is CC(CN(Cc1ccccc1)C(=O)COc1ccc(Cl)c2cccnc12)C(=O)O. The number of pyridine rings is 1. The van der Waals surface area contributed by atoms with E-state index in [2.05, 4.69) is 4.98 Å². The van der Waals surface area contributed by atoms with Crippen molar-refractivity contribution >= 4 is 34.4 Å². The van der Waals surface area contributed by atoms with Crippen molar-refractivity contribution in [1.82, 2.24) is 9.88 Å². The van der Waals surface area contributed by atoms with Gasteiger partial charge in [0.15, 0.2) is 6.61 Å². The van der Waals surface area contributed by atoms with Crippen molar-refractivity contribution < 1.29 is 19.4 Å². The number of hydrogen-bond acceptors (Lipinski definition) is 4. The molecule has 7 heteroatoms. The van der Waals surface area contributed by atoms with Gasteiger partial charge in [0.2, 0.25) is 0 Å². The van der Waals surface area contributed by atoms with Gasteiger partial charge in [0.25, 0.3) is 5.91 Å². The largest absolute Gasteiger partial charge is 0.481 e. The Kier molecular flexibility index (Phi) is 6.67. The minimum Gasteiger partial charge on any atom is -0.481 e. The Morgan fingerprint density at radius 1 is 1.14 bits per heavy atom. The number of amides is 1. The molecule has 0 saturated heterocycles. The van der Waals surface area contributed by atoms with E-state index < -0.39 is 11.9 Å². The molecular formula is C22H21ClN2O4. The third-order valence-corrected chi connectivity index (χ3v) is 4.84. The molecule has 0 aliphatic heterocycles. The van der Waals surface area contributed by atoms with Gasteiger partial charge >= 0.3 is 5.97 Å². The Labute approximate surface area is 173 Å². The second-order valence-electron chi connectivity index (χ2n) is 6.73. The van der Waals surface area contributed by atoms with Crippen LogP contribution in [0.1, 0.15) is 12.5 Å². The number of carbonyl (C=O) groups excluding carboxylic acids is 1. The lowest BCUT2D eigenvalue weighted by atomic mass is 10.1. The highest BCUT2D eigenvalue weighted by molar-refractivity contribution is 6.35. The van der Waals surface area contributed by atoms with Crippen LogP contribution in [0.4, 0.5) is 0 Å². The van der Waals surface area contributed by atoms with Crippen molar-refractivity contribution in [2.24, 2.45) is 5.92 Å². The van der Waals surface area contributed by atoms with E-state index in [1.807, 2.05) is 36.4 Å². The summed E-state index contributed by atoms with van der Waals surface area (Å²) in [5, 5.41) is 10.5. The summed E-state index contributed by atoms with van der Waals surface area (Å²) in [5.41, 5.74) is 1.48. The van der Waals surface area contributed by atoms with Gasteiger partial charge < -0.3 is 14.7 Å². The number of fused-ring (bicyclic) bond motifs is 1. The van der Waals surface area contributed by atoms with Crippen LogP contribution in [0.5, 0.6) is 5.75 Å². The van der Waals surface area contributed by atoms with Crippen molar-refractivity contribution in [1.29, 1.82) is 0 Å². The number of nitrogens with zero attached hydrogens (tertiary/aromatic N) is 2. The van der Waals surface area contributed by atoms with Crippen molar-refractivity contribution in [3.8, 4) is 5.75 Å². The van der Waals surface area contributed by atoms with Crippen molar-refractivity contribution in [2.45, 2.75) is 13.5 Å². The first kappa shape index (κ1) is 20.6. The maximum Gasteiger partial charge on any atom is 0.308 e. The lowest BCUT2D eigenvalue weighted by molar-refractivity contribution is -0.143. The fraction of sp³-hybridized carbons (Fsp3) is 0.227. The molecule has 3 aromatic rings. The summed E-state index contributed by atoms with van der Waals surface area (Å²) in [6.45, 7) is 1.74. The van der Waals surface area contributed by atoms with Crippen LogP contribution in [0, 0.1) is 5.92 Å². The molecule has 1 atom stereocenters. The Balaban J connectivity index is 1.76. The molecule has 2 aromatic carbocycles. The molecule has 0 aliphatic carbocycles. The molecule has 1 amide bonds. The van der Waals surface area contributed by atoms with E-state index in [9.17, 15) is 14.7 Å². The zero-order chi connectivity index (χ0) is 20.8. The van der Waals surface area contributed by atoms with Crippen LogP contribution in [-0.4, -0.2) is 40.0 Å². The number of aromatic nitrogens is 1. The number of carbonyl (C=O) groups is 2. The second-order valence-corrected chi connectivity index (χ2v) is 7.14. The maximum atomic E-state index is 12.8. The van der Waals surface area contributed by atoms with Gasteiger partial charge in [0, 0.05) is 24.7 Å². The normalized spacial score (nSPS) is 11.8. The van der Waals surface area contributed by atoms with E-state index in [1.54, 1.807) is 31.3 Å². The molecule has 0 radical (unpaired) electrons. The predicted octanol–water partition coefficient (Wildman–Crippen LogP) is 4.02. The molecule has 1 aromatic heterocycles. The smallest absolute Gasteiger partial charge is 0.308 e. The summed E-state index contributed by atoms with van der Waals surface area (Å²) >= 11 is 6.19. The zero-order valence-corrected chi connectivity index (χ0v) is 16.7. The van der Waals surface area contributed by atoms with E-state index in [4.69, 9.17) is 16.3 Å². The highest BCUT2D eigenvalue weighted by atomic mass is 35.5. The number of carboxylic acids is 1. The number of halogens is 1. The molecule has 0 saturated carbocycles. The van der Waals surface area contributed by atoms with Gasteiger partial charge in [0.1, 0.15) is 11.3 Å². The fourth-order valence-electron chi connectivity index (χ4n) is 2.93. The van der Waals surface area contributed by atoms with Gasteiger partial charge in [-0.2, -0.15) is 0 Å². The molecule has 3 rings (SSSR count). The first-order valence-corrected chi connectivity index (χ1v) is 9.54. The summed E-state index contributed by atoms with van der Waals surface area (Å²) in [6, 6.07) is 16.4. The third kappa shape index (κ3) is 5.23. The number of benzene rings is 2. The molecule has 0 fully saturated rings. The van der Waals surface area contributed by atoms with Crippen LogP contribution < -0.4 is 4.74 Å². The molecule has 0 bridgehead atoms. The quantitative estimate of drug-likeness (QED) is 0.604. The minimum absolute atomic E-state index is 0.0893. The number of rotatable bonds is 8. The lowest BCUT2D eigenvalue weighted by Gasteiger charge is -2.25. The summed E-state index contributed by atoms with van der Waals surface area (Å²) in [4.78, 5) is 29.9. The summed E-state index contributed by atoms with van der Waals surface area (Å²) < 4.78 is 5.74. The van der Waals surface area contributed by atoms with Crippen LogP contribution in [0.25, 0.3) is 10.9 Å². The number of aliphatic carboxylic acids is 1. The topological polar surface area (TPSA) is 79.7 Å². The second kappa shape index (κ2) is 9.39. The highest BCUT2D eigenvalue weighted by Gasteiger charge is 2.21. The summed E-state index contributed by atoms with van der Waals surface area (Å²) in [7, 11) is 0. The maximum absolute atomic E-state index is 12.8. The predicted molar refractivity (Wildman–Crippen MR) is 111 cm³/mol. The van der Waals surface area contributed by atoms with E-state index in [1.165, 1.54) is 4.90 Å². The zero-order valence-electron chi connectivity index (χ0n) is 15.9. The van der Waals surface area contributed by atoms with Crippen LogP contribution in [0.2, 0.25) is 5.02 Å². The van der Waals surface area contributed by atoms with Crippen LogP contribution >= 0.6 is 11.6 Å². The molecule has 150 valence electrons. The van der Waals surface area contributed by atoms with Crippen molar-refractivity contribution in [2.75, 3.05) is 13.2 Å². The van der Waals surface area contributed by atoms with E-state index in [-0.39, 0.29) is 19.1 Å². The number of ether oxygens (including phenoxy) is 1. The van der Waals surface area contributed by atoms with Crippen molar-refractivity contribution in [3.05, 3.63) is 71.4 Å². The molecule has 1 unspecified atom stereocenters. The van der Waals surface area contributed by atoms with Gasteiger partial charge in [-0.05, 0) is 29.8 Å². The van der Waals surface area contributed by atoms with Gasteiger partial charge in [0.05, 0.1) is 10.9 Å². The summed E-state index contributed by atoms with van der Waals surface area (Å²) in [6.07, 6.45) is 1.63. The number of carboxylic acid groups (broad SMARTS) is 1. The molecule has 6 nitrogen and oxygen atoms in total. The Morgan fingerprint density at radius 2 is 1.90 bits per heavy atom. The van der Waals surface area contributed by atoms with Gasteiger partial charge in [-0.3, -0.25) is 14.6 Å². The first-order valence-electron chi connectivity index (χ1n) is 9.16. The Bertz CT molecular complexity index is 1010. The van der Waals surface area contributed by atoms with E-state index >= 15 is 0 Å². The third-order valence-electron chi connectivity index (χ3n) is 4.52. The average molecular weight is 413 g/mol. The molecule has 1 heterocycles. The molecular weight excluding hydrogens is 392 g/mol. The van der Waals surface area contributed by atoms with Crippen LogP contribution in [0.15, 0.2) is 60.8 Å². The average Bonchev–Trinajstić information content (AvgIpc) is 2.73. The Hall–Kier alpha value is -3.12. The lowest BCUT2D eigenvalue weighted by Crippen LogP contribution is -2.39. The fourth-order valence-corrected chi connectivity index (χ4v) is 3.14. The number of hydrogen-bond donors (Lipinski definition) is 1. The molecule has 29 heavy (non-hydrogen) atoms. The molecule has 1 N–H and O–H groups in total. The van der Waals surface area contributed by atoms with E-state index in [0.717, 1.165) is 10.9 Å². The van der Waals surface area contributed by atoms with E-state index in [0.29, 0.717) is 22.8 Å². The van der Waals surface area contributed by atoms with Crippen LogP contribution in [0.3, 0.4) is 0 Å². The van der Waals surface area contributed by atoms with Crippen LogP contribution in [-0.2, 0) is 16.1 Å². The minimum atomic E-state index is -0.954. The van der Waals surface area contributed by atoms with Crippen molar-refractivity contribution in [3.63, 3.8) is 0 Å². The monoisotopic (exact) mass is 412 g/mol.